The van der Waals surface area contributed by atoms with Crippen LogP contribution in [0.15, 0.2) is 12.4 Å². The molecule has 0 bridgehead atoms. The summed E-state index contributed by atoms with van der Waals surface area (Å²) in [5.41, 5.74) is 0.579. The third-order valence-electron chi connectivity index (χ3n) is 2.14. The minimum atomic E-state index is -4.11. The standard InChI is InChI=1S/C9H13F4N3/c1-8(10,11)9(12,13)6-16-5-7(4-14-16)15(2)3/h4-5H,6H2,1-3H3. The summed E-state index contributed by atoms with van der Waals surface area (Å²) in [5, 5.41) is 3.60. The topological polar surface area (TPSA) is 21.1 Å². The minimum Gasteiger partial charge on any atom is -0.375 e. The highest BCUT2D eigenvalue weighted by Crippen LogP contribution is 2.34. The number of hydrogen-bond acceptors (Lipinski definition) is 2. The van der Waals surface area contributed by atoms with Gasteiger partial charge in [0.25, 0.3) is 0 Å². The second-order valence-corrected chi connectivity index (χ2v) is 3.88. The fraction of sp³-hybridized carbons (Fsp3) is 0.667. The number of anilines is 1. The zero-order valence-electron chi connectivity index (χ0n) is 9.22. The van der Waals surface area contributed by atoms with E-state index in [4.69, 9.17) is 0 Å². The maximum Gasteiger partial charge on any atom is 0.328 e. The predicted molar refractivity (Wildman–Crippen MR) is 52.1 cm³/mol. The third-order valence-corrected chi connectivity index (χ3v) is 2.14. The Kier molecular flexibility index (Phi) is 3.16. The highest BCUT2D eigenvalue weighted by atomic mass is 19.3. The van der Waals surface area contributed by atoms with E-state index in [1.54, 1.807) is 19.0 Å². The van der Waals surface area contributed by atoms with E-state index >= 15 is 0 Å². The van der Waals surface area contributed by atoms with Crippen molar-refractivity contribution in [2.45, 2.75) is 25.3 Å². The fourth-order valence-electron chi connectivity index (χ4n) is 1.01. The molecule has 0 spiro atoms. The number of nitrogens with zero attached hydrogens (tertiary/aromatic N) is 3. The van der Waals surface area contributed by atoms with Gasteiger partial charge in [-0.05, 0) is 0 Å². The summed E-state index contributed by atoms with van der Waals surface area (Å²) >= 11 is 0. The molecule has 0 unspecified atom stereocenters. The molecule has 0 amide bonds. The van der Waals surface area contributed by atoms with Crippen molar-refractivity contribution in [2.75, 3.05) is 19.0 Å². The van der Waals surface area contributed by atoms with Crippen LogP contribution in [0.25, 0.3) is 0 Å². The first-order chi connectivity index (χ1) is 7.13. The summed E-state index contributed by atoms with van der Waals surface area (Å²) in [7, 11) is 3.40. The van der Waals surface area contributed by atoms with Gasteiger partial charge in [-0.1, -0.05) is 0 Å². The molecule has 0 aliphatic carbocycles. The van der Waals surface area contributed by atoms with E-state index in [2.05, 4.69) is 5.10 Å². The number of alkyl halides is 4. The van der Waals surface area contributed by atoms with Crippen LogP contribution in [0.1, 0.15) is 6.92 Å². The van der Waals surface area contributed by atoms with Gasteiger partial charge < -0.3 is 4.90 Å². The summed E-state index contributed by atoms with van der Waals surface area (Å²) in [5.74, 6) is -8.17. The van der Waals surface area contributed by atoms with Gasteiger partial charge in [-0.2, -0.15) is 13.9 Å². The molecule has 1 rings (SSSR count). The lowest BCUT2D eigenvalue weighted by atomic mass is 10.2. The van der Waals surface area contributed by atoms with Crippen molar-refractivity contribution in [3.8, 4) is 0 Å². The highest BCUT2D eigenvalue weighted by Gasteiger charge is 2.52. The van der Waals surface area contributed by atoms with Crippen molar-refractivity contribution >= 4 is 5.69 Å². The van der Waals surface area contributed by atoms with E-state index < -0.39 is 18.4 Å². The second kappa shape index (κ2) is 3.95. The summed E-state index contributed by atoms with van der Waals surface area (Å²) in [4.78, 5) is 1.64. The zero-order valence-corrected chi connectivity index (χ0v) is 9.22. The van der Waals surface area contributed by atoms with Gasteiger partial charge in [0.2, 0.25) is 0 Å². The Morgan fingerprint density at radius 1 is 1.31 bits per heavy atom. The Morgan fingerprint density at radius 2 is 1.88 bits per heavy atom. The Morgan fingerprint density at radius 3 is 2.25 bits per heavy atom. The molecule has 0 atom stereocenters. The highest BCUT2D eigenvalue weighted by molar-refractivity contribution is 5.39. The molecule has 0 radical (unpaired) electrons. The zero-order chi connectivity index (χ0) is 12.6. The minimum absolute atomic E-state index is 0.198. The van der Waals surface area contributed by atoms with E-state index in [1.807, 2.05) is 0 Å². The molecule has 1 aromatic rings. The van der Waals surface area contributed by atoms with Crippen LogP contribution in [0.2, 0.25) is 0 Å². The van der Waals surface area contributed by atoms with Gasteiger partial charge in [-0.15, -0.1) is 0 Å². The average molecular weight is 239 g/mol. The Labute approximate surface area is 90.7 Å². The van der Waals surface area contributed by atoms with Crippen LogP contribution >= 0.6 is 0 Å². The van der Waals surface area contributed by atoms with Gasteiger partial charge in [0.05, 0.1) is 11.9 Å². The van der Waals surface area contributed by atoms with Crippen molar-refractivity contribution in [3.63, 3.8) is 0 Å². The van der Waals surface area contributed by atoms with Crippen LogP contribution in [0.3, 0.4) is 0 Å². The van der Waals surface area contributed by atoms with Crippen LogP contribution in [-0.2, 0) is 6.54 Å². The van der Waals surface area contributed by atoms with E-state index in [0.29, 0.717) is 5.69 Å². The molecule has 0 aliphatic rings. The van der Waals surface area contributed by atoms with E-state index in [1.165, 1.54) is 12.4 Å². The summed E-state index contributed by atoms with van der Waals surface area (Å²) in [6, 6.07) is 0. The second-order valence-electron chi connectivity index (χ2n) is 3.88. The summed E-state index contributed by atoms with van der Waals surface area (Å²) < 4.78 is 51.9. The predicted octanol–water partition coefficient (Wildman–Crippen LogP) is 2.24. The van der Waals surface area contributed by atoms with Crippen molar-refractivity contribution < 1.29 is 17.6 Å². The molecule has 1 aromatic heterocycles. The van der Waals surface area contributed by atoms with Gasteiger partial charge in [0, 0.05) is 27.2 Å². The van der Waals surface area contributed by atoms with Crippen LogP contribution in [0, 0.1) is 0 Å². The maximum atomic E-state index is 13.0. The first-order valence-corrected chi connectivity index (χ1v) is 4.59. The van der Waals surface area contributed by atoms with Gasteiger partial charge in [-0.25, -0.2) is 8.78 Å². The van der Waals surface area contributed by atoms with Crippen molar-refractivity contribution in [1.82, 2.24) is 9.78 Å². The van der Waals surface area contributed by atoms with Gasteiger partial charge in [-0.3, -0.25) is 4.68 Å². The molecule has 0 fully saturated rings. The lowest BCUT2D eigenvalue weighted by Gasteiger charge is -2.22. The Hall–Kier alpha value is -1.27. The largest absolute Gasteiger partial charge is 0.375 e. The fourth-order valence-corrected chi connectivity index (χ4v) is 1.01. The molecule has 7 heteroatoms. The van der Waals surface area contributed by atoms with Crippen molar-refractivity contribution in [3.05, 3.63) is 12.4 Å². The normalized spacial score (nSPS) is 12.9. The number of rotatable bonds is 4. The first kappa shape index (κ1) is 12.8. The maximum absolute atomic E-state index is 13.0. The smallest absolute Gasteiger partial charge is 0.328 e. The molecule has 0 N–H and O–H groups in total. The SMILES string of the molecule is CN(C)c1cnn(CC(F)(F)C(C)(F)F)c1. The summed E-state index contributed by atoms with van der Waals surface area (Å²) in [6.45, 7) is -0.937. The average Bonchev–Trinajstić information content (AvgIpc) is 2.49. The molecule has 0 aromatic carbocycles. The van der Waals surface area contributed by atoms with Crippen LogP contribution in [0.4, 0.5) is 23.2 Å². The van der Waals surface area contributed by atoms with E-state index in [-0.39, 0.29) is 6.92 Å². The first-order valence-electron chi connectivity index (χ1n) is 4.59. The molecule has 92 valence electrons. The van der Waals surface area contributed by atoms with E-state index in [9.17, 15) is 17.6 Å². The number of hydrogen-bond donors (Lipinski definition) is 0. The van der Waals surface area contributed by atoms with Crippen LogP contribution < -0.4 is 4.90 Å². The lowest BCUT2D eigenvalue weighted by molar-refractivity contribution is -0.205. The molecule has 1 heterocycles. The molecule has 0 aliphatic heterocycles. The van der Waals surface area contributed by atoms with Gasteiger partial charge >= 0.3 is 11.8 Å². The monoisotopic (exact) mass is 239 g/mol. The van der Waals surface area contributed by atoms with E-state index in [0.717, 1.165) is 4.68 Å². The van der Waals surface area contributed by atoms with Gasteiger partial charge in [0.1, 0.15) is 6.54 Å². The van der Waals surface area contributed by atoms with Gasteiger partial charge in [0.15, 0.2) is 0 Å². The Balaban J connectivity index is 2.81. The van der Waals surface area contributed by atoms with Crippen LogP contribution in [-0.4, -0.2) is 35.7 Å². The van der Waals surface area contributed by atoms with Crippen LogP contribution in [0.5, 0.6) is 0 Å². The van der Waals surface area contributed by atoms with Crippen molar-refractivity contribution in [1.29, 1.82) is 0 Å². The lowest BCUT2D eigenvalue weighted by Crippen LogP contribution is -2.41. The Bertz CT molecular complexity index is 354. The number of halogens is 4. The molecule has 0 saturated heterocycles. The third kappa shape index (κ3) is 2.65. The quantitative estimate of drug-likeness (QED) is 0.751. The molecule has 16 heavy (non-hydrogen) atoms. The molecular formula is C9H13F4N3. The number of aromatic nitrogens is 2. The molecular weight excluding hydrogens is 226 g/mol. The molecule has 0 saturated carbocycles. The molecule has 3 nitrogen and oxygen atoms in total. The van der Waals surface area contributed by atoms with Crippen molar-refractivity contribution in [2.24, 2.45) is 0 Å². The summed E-state index contributed by atoms with van der Waals surface area (Å²) in [6.07, 6.45) is 2.63.